The van der Waals surface area contributed by atoms with E-state index in [-0.39, 0.29) is 0 Å². The molecule has 0 aromatic heterocycles. The predicted molar refractivity (Wildman–Crippen MR) is 62.1 cm³/mol. The van der Waals surface area contributed by atoms with E-state index < -0.39 is 0 Å². The molecule has 0 N–H and O–H groups in total. The van der Waals surface area contributed by atoms with Gasteiger partial charge in [0.1, 0.15) is 0 Å². The molecule has 0 heteroatoms. The molecule has 14 heavy (non-hydrogen) atoms. The van der Waals surface area contributed by atoms with Gasteiger partial charge in [0.15, 0.2) is 0 Å². The maximum Gasteiger partial charge on any atom is -0.0210 e. The quantitative estimate of drug-likeness (QED) is 0.594. The van der Waals surface area contributed by atoms with E-state index in [1.54, 1.807) is 0 Å². The SMILES string of the molecule is CCC1CC[C](C2CCCCC2)CC1. The lowest BCUT2D eigenvalue weighted by Crippen LogP contribution is -2.21. The topological polar surface area (TPSA) is 0 Å². The zero-order valence-corrected chi connectivity index (χ0v) is 9.73. The highest BCUT2D eigenvalue weighted by atomic mass is 14.3. The van der Waals surface area contributed by atoms with E-state index in [1.807, 2.05) is 5.92 Å². The predicted octanol–water partition coefficient (Wildman–Crippen LogP) is 4.74. The van der Waals surface area contributed by atoms with Crippen molar-refractivity contribution in [2.75, 3.05) is 0 Å². The summed E-state index contributed by atoms with van der Waals surface area (Å²) in [6, 6.07) is 0. The second-order valence-corrected chi connectivity index (χ2v) is 5.34. The molecule has 0 aromatic carbocycles. The Labute approximate surface area is 89.5 Å². The van der Waals surface area contributed by atoms with Crippen molar-refractivity contribution in [3.63, 3.8) is 0 Å². The Morgan fingerprint density at radius 3 is 2.14 bits per heavy atom. The largest absolute Gasteiger partial charge is 0.0651 e. The lowest BCUT2D eigenvalue weighted by molar-refractivity contribution is 0.282. The molecule has 0 nitrogen and oxygen atoms in total. The average Bonchev–Trinajstić information content (AvgIpc) is 2.30. The summed E-state index contributed by atoms with van der Waals surface area (Å²) < 4.78 is 0. The first kappa shape index (κ1) is 10.5. The van der Waals surface area contributed by atoms with Gasteiger partial charge in [0.25, 0.3) is 0 Å². The van der Waals surface area contributed by atoms with Crippen molar-refractivity contribution in [2.45, 2.75) is 71.1 Å². The van der Waals surface area contributed by atoms with Crippen molar-refractivity contribution in [3.05, 3.63) is 5.92 Å². The van der Waals surface area contributed by atoms with Gasteiger partial charge < -0.3 is 0 Å². The molecule has 0 spiro atoms. The van der Waals surface area contributed by atoms with Gasteiger partial charge in [0.2, 0.25) is 0 Å². The molecule has 0 heterocycles. The van der Waals surface area contributed by atoms with Crippen molar-refractivity contribution in [3.8, 4) is 0 Å². The lowest BCUT2D eigenvalue weighted by Gasteiger charge is -2.35. The lowest BCUT2D eigenvalue weighted by atomic mass is 9.71. The molecule has 0 aliphatic heterocycles. The van der Waals surface area contributed by atoms with E-state index in [0.717, 1.165) is 11.8 Å². The van der Waals surface area contributed by atoms with Crippen LogP contribution in [0.2, 0.25) is 0 Å². The van der Waals surface area contributed by atoms with Crippen molar-refractivity contribution in [1.82, 2.24) is 0 Å². The molecule has 2 fully saturated rings. The molecule has 0 amide bonds. The van der Waals surface area contributed by atoms with Gasteiger partial charge in [-0.1, -0.05) is 32.6 Å². The normalized spacial score (nSPS) is 28.1. The molecule has 0 atom stereocenters. The Balaban J connectivity index is 1.76. The van der Waals surface area contributed by atoms with Gasteiger partial charge in [0.05, 0.1) is 0 Å². The van der Waals surface area contributed by atoms with Crippen LogP contribution >= 0.6 is 0 Å². The molecule has 0 bridgehead atoms. The summed E-state index contributed by atoms with van der Waals surface area (Å²) in [5.74, 6) is 4.05. The molecular weight excluding hydrogens is 168 g/mol. The van der Waals surface area contributed by atoms with Crippen LogP contribution in [-0.2, 0) is 0 Å². The van der Waals surface area contributed by atoms with E-state index in [2.05, 4.69) is 6.92 Å². The van der Waals surface area contributed by atoms with Gasteiger partial charge in [-0.25, -0.2) is 0 Å². The van der Waals surface area contributed by atoms with E-state index in [0.29, 0.717) is 0 Å². The minimum Gasteiger partial charge on any atom is -0.0651 e. The Morgan fingerprint density at radius 1 is 0.929 bits per heavy atom. The van der Waals surface area contributed by atoms with E-state index in [9.17, 15) is 0 Å². The van der Waals surface area contributed by atoms with Crippen LogP contribution in [0.1, 0.15) is 71.1 Å². The molecule has 2 rings (SSSR count). The van der Waals surface area contributed by atoms with E-state index >= 15 is 0 Å². The summed E-state index contributed by atoms with van der Waals surface area (Å²) in [6.07, 6.45) is 14.9. The van der Waals surface area contributed by atoms with Crippen molar-refractivity contribution >= 4 is 0 Å². The molecule has 2 aliphatic rings. The monoisotopic (exact) mass is 193 g/mol. The van der Waals surface area contributed by atoms with Crippen LogP contribution in [0.5, 0.6) is 0 Å². The van der Waals surface area contributed by atoms with Crippen LogP contribution in [0.3, 0.4) is 0 Å². The van der Waals surface area contributed by atoms with Crippen molar-refractivity contribution in [2.24, 2.45) is 11.8 Å². The standard InChI is InChI=1S/C14H25/c1-2-12-8-10-14(11-9-12)13-6-4-3-5-7-13/h12-13H,2-11H2,1H3. The summed E-state index contributed by atoms with van der Waals surface area (Å²) in [4.78, 5) is 0. The van der Waals surface area contributed by atoms with Crippen molar-refractivity contribution < 1.29 is 0 Å². The zero-order chi connectivity index (χ0) is 9.80. The first-order valence-corrected chi connectivity index (χ1v) is 6.74. The first-order valence-electron chi connectivity index (χ1n) is 6.74. The van der Waals surface area contributed by atoms with Gasteiger partial charge in [0, 0.05) is 0 Å². The van der Waals surface area contributed by atoms with Crippen LogP contribution in [0.25, 0.3) is 0 Å². The minimum absolute atomic E-state index is 1.04. The maximum atomic E-state index is 2.36. The molecular formula is C14H25. The van der Waals surface area contributed by atoms with E-state index in [4.69, 9.17) is 0 Å². The highest BCUT2D eigenvalue weighted by Gasteiger charge is 2.28. The summed E-state index contributed by atoms with van der Waals surface area (Å²) in [6.45, 7) is 2.36. The Bertz CT molecular complexity index is 147. The van der Waals surface area contributed by atoms with Gasteiger partial charge in [-0.3, -0.25) is 0 Å². The minimum atomic E-state index is 1.04. The Morgan fingerprint density at radius 2 is 1.57 bits per heavy atom. The van der Waals surface area contributed by atoms with Crippen LogP contribution < -0.4 is 0 Å². The molecule has 81 valence electrons. The second-order valence-electron chi connectivity index (χ2n) is 5.34. The molecule has 1 radical (unpaired) electrons. The third kappa shape index (κ3) is 2.52. The van der Waals surface area contributed by atoms with E-state index in [1.165, 1.54) is 64.2 Å². The van der Waals surface area contributed by atoms with Crippen LogP contribution in [0.15, 0.2) is 0 Å². The van der Waals surface area contributed by atoms with Crippen molar-refractivity contribution in [1.29, 1.82) is 0 Å². The third-order valence-electron chi connectivity index (χ3n) is 4.51. The molecule has 0 aromatic rings. The fourth-order valence-corrected chi connectivity index (χ4v) is 3.38. The summed E-state index contributed by atoms with van der Waals surface area (Å²) in [7, 11) is 0. The first-order chi connectivity index (χ1) is 6.90. The molecule has 2 saturated carbocycles. The van der Waals surface area contributed by atoms with Gasteiger partial charge in [-0.15, -0.1) is 0 Å². The molecule has 0 saturated heterocycles. The highest BCUT2D eigenvalue weighted by Crippen LogP contribution is 2.41. The summed E-state index contributed by atoms with van der Waals surface area (Å²) in [5, 5.41) is 0. The molecule has 0 unspecified atom stereocenters. The van der Waals surface area contributed by atoms with Crippen LogP contribution in [-0.4, -0.2) is 0 Å². The number of rotatable bonds is 2. The summed E-state index contributed by atoms with van der Waals surface area (Å²) in [5.41, 5.74) is 0. The fourth-order valence-electron chi connectivity index (χ4n) is 3.38. The van der Waals surface area contributed by atoms with Crippen LogP contribution in [0, 0.1) is 17.8 Å². The highest BCUT2D eigenvalue weighted by molar-refractivity contribution is 5.00. The summed E-state index contributed by atoms with van der Waals surface area (Å²) >= 11 is 0. The maximum absolute atomic E-state index is 2.36. The molecule has 2 aliphatic carbocycles. The Hall–Kier alpha value is 0. The number of hydrogen-bond donors (Lipinski definition) is 0. The van der Waals surface area contributed by atoms with Crippen LogP contribution in [0.4, 0.5) is 0 Å². The second kappa shape index (κ2) is 5.19. The smallest absolute Gasteiger partial charge is 0.0210 e. The van der Waals surface area contributed by atoms with Gasteiger partial charge in [-0.05, 0) is 56.3 Å². The van der Waals surface area contributed by atoms with Gasteiger partial charge >= 0.3 is 0 Å². The third-order valence-corrected chi connectivity index (χ3v) is 4.51. The fraction of sp³-hybridized carbons (Fsp3) is 0.929. The van der Waals surface area contributed by atoms with Gasteiger partial charge in [-0.2, -0.15) is 0 Å². The Kier molecular flexibility index (Phi) is 3.89. The average molecular weight is 193 g/mol. The zero-order valence-electron chi connectivity index (χ0n) is 9.73. The number of hydrogen-bond acceptors (Lipinski definition) is 0.